The van der Waals surface area contributed by atoms with E-state index in [2.05, 4.69) is 139 Å². The number of allylic oxidation sites excluding steroid dienone is 8. The van der Waals surface area contributed by atoms with Gasteiger partial charge in [0.15, 0.2) is 0 Å². The number of hydrogen-bond donors (Lipinski definition) is 0. The standard InChI is InChI=1S/C56H73BN2S/c1-33-24-34-26-36(34)27-35(25-33)37-28-47-50-48(29-37)59-51-42(56(55(59,8)9)22-13-10-14-23-56)30-39(54(5,6)7)32-44(51)57(50)43-31-38(53(2,3)4)20-21-45(43)58(47)46-18-15-17-41-40-16-11-12-19-49(40)60-52(41)46/h11,16,18,20-21,27-28,31-35,40,42,44,48-49,51H,10,12-15,17,19,22-26,29-30H2,1-9H3. The molecular weight excluding hydrogens is 744 g/mol. The quantitative estimate of drug-likeness (QED) is 0.217. The van der Waals surface area contributed by atoms with E-state index in [0.717, 1.165) is 24.2 Å². The number of thioether (sulfide) groups is 1. The Labute approximate surface area is 368 Å². The molecule has 4 heteroatoms. The van der Waals surface area contributed by atoms with E-state index in [1.807, 2.05) is 0 Å². The van der Waals surface area contributed by atoms with Crippen molar-refractivity contribution in [3.8, 4) is 0 Å². The van der Waals surface area contributed by atoms with Gasteiger partial charge in [0, 0.05) is 45.1 Å². The summed E-state index contributed by atoms with van der Waals surface area (Å²) in [5.74, 6) is 4.03. The largest absolute Gasteiger partial charge is 0.311 e. The summed E-state index contributed by atoms with van der Waals surface area (Å²) in [4.78, 5) is 7.85. The summed E-state index contributed by atoms with van der Waals surface area (Å²) in [6.45, 7) is 23.4. The van der Waals surface area contributed by atoms with Crippen LogP contribution in [0.15, 0.2) is 98.7 Å². The first-order chi connectivity index (χ1) is 28.6. The van der Waals surface area contributed by atoms with Gasteiger partial charge in [-0.1, -0.05) is 132 Å². The molecule has 0 amide bonds. The van der Waals surface area contributed by atoms with E-state index in [4.69, 9.17) is 0 Å². The van der Waals surface area contributed by atoms with Gasteiger partial charge in [0.2, 0.25) is 6.71 Å². The van der Waals surface area contributed by atoms with Crippen molar-refractivity contribution >= 4 is 29.6 Å². The SMILES string of the molecule is CC1CC(C2=CC3=C4B(c5cc(C(C)(C)C)ccc5N3C3=CCCC5=C3SC3CCC=CC53)C3C=C(C(C)(C)C)CC5C3N(C4C2)C(C)(C)C52CCCCC2)C=C2CC2C1. The molecule has 2 saturated carbocycles. The topological polar surface area (TPSA) is 6.48 Å². The molecular formula is C56H73BN2S. The predicted octanol–water partition coefficient (Wildman–Crippen LogP) is 13.8. The summed E-state index contributed by atoms with van der Waals surface area (Å²) >= 11 is 2.25. The van der Waals surface area contributed by atoms with Crippen molar-refractivity contribution in [3.63, 3.8) is 0 Å². The monoisotopic (exact) mass is 817 g/mol. The van der Waals surface area contributed by atoms with Crippen LogP contribution in [0.1, 0.15) is 158 Å². The van der Waals surface area contributed by atoms with Crippen LogP contribution in [0.25, 0.3) is 0 Å². The molecule has 2 saturated heterocycles. The first-order valence-corrected chi connectivity index (χ1v) is 25.9. The van der Waals surface area contributed by atoms with Crippen molar-refractivity contribution in [3.05, 3.63) is 104 Å². The first kappa shape index (κ1) is 39.2. The maximum absolute atomic E-state index is 3.30. The van der Waals surface area contributed by atoms with E-state index in [9.17, 15) is 0 Å². The van der Waals surface area contributed by atoms with Crippen molar-refractivity contribution in [1.82, 2.24) is 4.90 Å². The van der Waals surface area contributed by atoms with Gasteiger partial charge in [-0.3, -0.25) is 4.90 Å². The van der Waals surface area contributed by atoms with Crippen LogP contribution in [-0.4, -0.2) is 34.5 Å². The zero-order chi connectivity index (χ0) is 41.2. The number of fused-ring (bicyclic) bond motifs is 8. The van der Waals surface area contributed by atoms with E-state index in [-0.39, 0.29) is 16.4 Å². The summed E-state index contributed by atoms with van der Waals surface area (Å²) in [5.41, 5.74) is 17.3. The molecule has 9 atom stereocenters. The molecule has 7 aliphatic carbocycles. The molecule has 9 unspecified atom stereocenters. The number of nitrogens with zero attached hydrogens (tertiary/aromatic N) is 2. The molecule has 4 aliphatic heterocycles. The van der Waals surface area contributed by atoms with Crippen molar-refractivity contribution in [2.24, 2.45) is 40.4 Å². The molecule has 11 aliphatic rings. The summed E-state index contributed by atoms with van der Waals surface area (Å²) in [7, 11) is 0. The van der Waals surface area contributed by atoms with Gasteiger partial charge in [-0.25, -0.2) is 0 Å². The fourth-order valence-corrected chi connectivity index (χ4v) is 17.7. The molecule has 0 aromatic heterocycles. The second-order valence-electron chi connectivity index (χ2n) is 24.6. The van der Waals surface area contributed by atoms with Gasteiger partial charge < -0.3 is 4.90 Å². The number of rotatable bonds is 2. The highest BCUT2D eigenvalue weighted by molar-refractivity contribution is 8.04. The minimum Gasteiger partial charge on any atom is -0.311 e. The molecule has 316 valence electrons. The number of benzene rings is 1. The van der Waals surface area contributed by atoms with E-state index >= 15 is 0 Å². The van der Waals surface area contributed by atoms with Crippen LogP contribution < -0.4 is 10.4 Å². The van der Waals surface area contributed by atoms with Crippen LogP contribution in [0.2, 0.25) is 5.82 Å². The fourth-order valence-electron chi connectivity index (χ4n) is 16.0. The third-order valence-corrected chi connectivity index (χ3v) is 20.6. The van der Waals surface area contributed by atoms with Crippen LogP contribution >= 0.6 is 11.8 Å². The first-order valence-electron chi connectivity index (χ1n) is 25.0. The van der Waals surface area contributed by atoms with Gasteiger partial charge >= 0.3 is 0 Å². The fraction of sp³-hybridized carbons (Fsp3) is 0.643. The maximum atomic E-state index is 3.30. The zero-order valence-electron chi connectivity index (χ0n) is 38.7. The molecule has 4 heterocycles. The van der Waals surface area contributed by atoms with Gasteiger partial charge in [-0.05, 0) is 159 Å². The smallest absolute Gasteiger partial charge is 0.220 e. The molecule has 1 aromatic carbocycles. The normalized spacial score (nSPS) is 37.2. The summed E-state index contributed by atoms with van der Waals surface area (Å²) in [5, 5.41) is 0.697. The van der Waals surface area contributed by atoms with Crippen LogP contribution in [0.5, 0.6) is 0 Å². The predicted molar refractivity (Wildman–Crippen MR) is 257 cm³/mol. The van der Waals surface area contributed by atoms with Crippen LogP contribution in [0.3, 0.4) is 0 Å². The lowest BCUT2D eigenvalue weighted by molar-refractivity contribution is -0.000269. The second-order valence-corrected chi connectivity index (χ2v) is 25.9. The Morgan fingerprint density at radius 3 is 2.48 bits per heavy atom. The van der Waals surface area contributed by atoms with Gasteiger partial charge in [0.05, 0.1) is 5.70 Å². The molecule has 1 spiro atoms. The Kier molecular flexibility index (Phi) is 8.69. The lowest BCUT2D eigenvalue weighted by atomic mass is 9.26. The van der Waals surface area contributed by atoms with Crippen LogP contribution in [-0.2, 0) is 5.41 Å². The lowest BCUT2D eigenvalue weighted by Gasteiger charge is -2.58. The summed E-state index contributed by atoms with van der Waals surface area (Å²) < 4.78 is 0. The van der Waals surface area contributed by atoms with Gasteiger partial charge in [-0.2, -0.15) is 0 Å². The Morgan fingerprint density at radius 1 is 0.883 bits per heavy atom. The third-order valence-electron chi connectivity index (χ3n) is 19.0. The molecule has 0 bridgehead atoms. The van der Waals surface area contributed by atoms with Crippen molar-refractivity contribution in [2.45, 2.75) is 186 Å². The molecule has 12 rings (SSSR count). The van der Waals surface area contributed by atoms with Gasteiger partial charge in [0.25, 0.3) is 0 Å². The molecule has 1 aromatic rings. The Bertz CT molecular complexity index is 2260. The van der Waals surface area contributed by atoms with Crippen molar-refractivity contribution in [1.29, 1.82) is 0 Å². The molecule has 2 nitrogen and oxygen atoms in total. The lowest BCUT2D eigenvalue weighted by Crippen LogP contribution is -2.66. The van der Waals surface area contributed by atoms with Crippen LogP contribution in [0.4, 0.5) is 5.69 Å². The van der Waals surface area contributed by atoms with Crippen molar-refractivity contribution < 1.29 is 0 Å². The Morgan fingerprint density at radius 2 is 1.70 bits per heavy atom. The minimum atomic E-state index is 0.0881. The maximum Gasteiger partial charge on any atom is 0.220 e. The van der Waals surface area contributed by atoms with Crippen LogP contribution in [0, 0.1) is 40.4 Å². The summed E-state index contributed by atoms with van der Waals surface area (Å²) in [6.07, 6.45) is 35.0. The highest BCUT2D eigenvalue weighted by Gasteiger charge is 2.71. The molecule has 4 fully saturated rings. The number of hydrogen-bond acceptors (Lipinski definition) is 3. The van der Waals surface area contributed by atoms with E-state index in [1.54, 1.807) is 43.8 Å². The average molecular weight is 817 g/mol. The van der Waals surface area contributed by atoms with E-state index in [1.165, 1.54) is 100 Å². The molecule has 0 radical (unpaired) electrons. The highest BCUT2D eigenvalue weighted by Crippen LogP contribution is 2.70. The third kappa shape index (κ3) is 5.56. The average Bonchev–Trinajstić information content (AvgIpc) is 3.81. The summed E-state index contributed by atoms with van der Waals surface area (Å²) in [6, 6.07) is 8.92. The number of anilines is 1. The van der Waals surface area contributed by atoms with E-state index < -0.39 is 0 Å². The van der Waals surface area contributed by atoms with E-state index in [0.29, 0.717) is 47.1 Å². The highest BCUT2D eigenvalue weighted by atomic mass is 32.2. The van der Waals surface area contributed by atoms with Crippen molar-refractivity contribution in [2.75, 3.05) is 4.90 Å². The Balaban J connectivity index is 1.14. The van der Waals surface area contributed by atoms with Gasteiger partial charge in [-0.15, -0.1) is 11.8 Å². The second kappa shape index (κ2) is 13.3. The molecule has 0 N–H and O–H groups in total. The zero-order valence-corrected chi connectivity index (χ0v) is 39.5. The molecule has 60 heavy (non-hydrogen) atoms. The van der Waals surface area contributed by atoms with Gasteiger partial charge in [0.1, 0.15) is 0 Å². The Hall–Kier alpha value is -2.43. The minimum absolute atomic E-state index is 0.0881.